The molecule has 2 nitrogen and oxygen atoms in total. The van der Waals surface area contributed by atoms with E-state index in [1.807, 2.05) is 36.4 Å². The van der Waals surface area contributed by atoms with Gasteiger partial charge in [0.05, 0.1) is 0 Å². The van der Waals surface area contributed by atoms with E-state index < -0.39 is 0 Å². The molecule has 1 N–H and O–H groups in total. The zero-order chi connectivity index (χ0) is 14.8. The Morgan fingerprint density at radius 1 is 1.00 bits per heavy atom. The van der Waals surface area contributed by atoms with Crippen LogP contribution in [-0.2, 0) is 6.54 Å². The molecule has 110 valence electrons. The summed E-state index contributed by atoms with van der Waals surface area (Å²) in [4.78, 5) is 0. The Kier molecular flexibility index (Phi) is 6.56. The van der Waals surface area contributed by atoms with Crippen molar-refractivity contribution in [3.63, 3.8) is 0 Å². The van der Waals surface area contributed by atoms with Crippen LogP contribution in [0.5, 0.6) is 5.75 Å². The van der Waals surface area contributed by atoms with E-state index in [0.29, 0.717) is 6.61 Å². The minimum Gasteiger partial charge on any atom is -0.490 e. The summed E-state index contributed by atoms with van der Waals surface area (Å²) in [5.74, 6) is 0.909. The Balaban J connectivity index is 1.74. The summed E-state index contributed by atoms with van der Waals surface area (Å²) < 4.78 is 5.70. The lowest BCUT2D eigenvalue weighted by Gasteiger charge is -2.06. The fourth-order valence-corrected chi connectivity index (χ4v) is 2.01. The molecule has 0 saturated carbocycles. The largest absolute Gasteiger partial charge is 0.490 e. The van der Waals surface area contributed by atoms with Gasteiger partial charge in [0.1, 0.15) is 12.4 Å². The van der Waals surface area contributed by atoms with E-state index in [4.69, 9.17) is 4.74 Å². The van der Waals surface area contributed by atoms with Gasteiger partial charge in [0.15, 0.2) is 0 Å². The molecule has 0 fully saturated rings. The van der Waals surface area contributed by atoms with Crippen LogP contribution in [0.15, 0.2) is 60.7 Å². The molecule has 0 radical (unpaired) electrons. The normalized spacial score (nSPS) is 10.9. The van der Waals surface area contributed by atoms with Crippen LogP contribution in [0.1, 0.15) is 24.5 Å². The molecule has 0 amide bonds. The number of hydrogen-bond donors (Lipinski definition) is 1. The summed E-state index contributed by atoms with van der Waals surface area (Å²) in [6.45, 7) is 4.74. The van der Waals surface area contributed by atoms with E-state index in [1.54, 1.807) is 0 Å². The van der Waals surface area contributed by atoms with Gasteiger partial charge in [-0.1, -0.05) is 55.5 Å². The molecule has 0 unspecified atom stereocenters. The summed E-state index contributed by atoms with van der Waals surface area (Å²) in [6, 6.07) is 18.5. The van der Waals surface area contributed by atoms with Crippen molar-refractivity contribution in [3.8, 4) is 5.75 Å². The molecule has 0 aromatic heterocycles. The topological polar surface area (TPSA) is 21.3 Å². The first-order valence-corrected chi connectivity index (χ1v) is 7.52. The molecule has 2 rings (SSSR count). The molecular formula is C19H23NO. The van der Waals surface area contributed by atoms with Gasteiger partial charge in [0.25, 0.3) is 0 Å². The smallest absolute Gasteiger partial charge is 0.119 e. The second-order valence-corrected chi connectivity index (χ2v) is 4.94. The van der Waals surface area contributed by atoms with Crippen molar-refractivity contribution >= 4 is 6.08 Å². The van der Waals surface area contributed by atoms with Gasteiger partial charge >= 0.3 is 0 Å². The van der Waals surface area contributed by atoms with E-state index in [0.717, 1.165) is 25.3 Å². The van der Waals surface area contributed by atoms with Crippen LogP contribution < -0.4 is 10.1 Å². The zero-order valence-electron chi connectivity index (χ0n) is 12.6. The Labute approximate surface area is 127 Å². The number of benzene rings is 2. The highest BCUT2D eigenvalue weighted by Gasteiger charge is 1.94. The minimum atomic E-state index is 0.586. The van der Waals surface area contributed by atoms with Gasteiger partial charge in [0, 0.05) is 6.54 Å². The van der Waals surface area contributed by atoms with Gasteiger partial charge in [-0.15, -0.1) is 0 Å². The first-order chi connectivity index (χ1) is 10.4. The SMILES string of the molecule is CCCNCc1ccc(OC/C=C/c2ccccc2)cc1. The number of ether oxygens (including phenoxy) is 1. The van der Waals surface area contributed by atoms with Gasteiger partial charge in [-0.2, -0.15) is 0 Å². The summed E-state index contributed by atoms with van der Waals surface area (Å²) in [6.07, 6.45) is 5.27. The van der Waals surface area contributed by atoms with Gasteiger partial charge < -0.3 is 10.1 Å². The first-order valence-electron chi connectivity index (χ1n) is 7.52. The molecular weight excluding hydrogens is 258 g/mol. The first kappa shape index (κ1) is 15.3. The van der Waals surface area contributed by atoms with Crippen LogP contribution in [-0.4, -0.2) is 13.2 Å². The maximum atomic E-state index is 5.70. The van der Waals surface area contributed by atoms with Crippen LogP contribution in [0, 0.1) is 0 Å². The van der Waals surface area contributed by atoms with Crippen LogP contribution in [0.3, 0.4) is 0 Å². The number of nitrogens with one attached hydrogen (secondary N) is 1. The maximum absolute atomic E-state index is 5.70. The molecule has 0 aliphatic rings. The third-order valence-corrected chi connectivity index (χ3v) is 3.14. The fourth-order valence-electron chi connectivity index (χ4n) is 2.01. The molecule has 0 spiro atoms. The lowest BCUT2D eigenvalue weighted by Crippen LogP contribution is -2.13. The zero-order valence-corrected chi connectivity index (χ0v) is 12.6. The average Bonchev–Trinajstić information content (AvgIpc) is 2.54. The Hall–Kier alpha value is -2.06. The molecule has 0 saturated heterocycles. The highest BCUT2D eigenvalue weighted by atomic mass is 16.5. The van der Waals surface area contributed by atoms with Crippen LogP contribution in [0.2, 0.25) is 0 Å². The Bertz CT molecular complexity index is 531. The molecule has 0 aliphatic heterocycles. The monoisotopic (exact) mass is 281 g/mol. The van der Waals surface area contributed by atoms with Crippen LogP contribution in [0.25, 0.3) is 6.08 Å². The Morgan fingerprint density at radius 3 is 2.48 bits per heavy atom. The predicted molar refractivity (Wildman–Crippen MR) is 89.4 cm³/mol. The fraction of sp³-hybridized carbons (Fsp3) is 0.263. The van der Waals surface area contributed by atoms with Gasteiger partial charge in [0.2, 0.25) is 0 Å². The van der Waals surface area contributed by atoms with Crippen molar-refractivity contribution in [1.29, 1.82) is 0 Å². The number of rotatable bonds is 8. The molecule has 0 atom stereocenters. The molecule has 0 bridgehead atoms. The lowest BCUT2D eigenvalue weighted by atomic mass is 10.2. The van der Waals surface area contributed by atoms with Crippen molar-refractivity contribution < 1.29 is 4.74 Å². The van der Waals surface area contributed by atoms with Gasteiger partial charge in [-0.25, -0.2) is 0 Å². The van der Waals surface area contributed by atoms with Crippen molar-refractivity contribution in [3.05, 3.63) is 71.8 Å². The standard InChI is InChI=1S/C19H23NO/c1-2-14-20-16-18-10-12-19(13-11-18)21-15-6-9-17-7-4-3-5-8-17/h3-13,20H,2,14-16H2,1H3/b9-6+. The van der Waals surface area contributed by atoms with Gasteiger partial charge in [-0.3, -0.25) is 0 Å². The summed E-state index contributed by atoms with van der Waals surface area (Å²) in [7, 11) is 0. The molecule has 2 aromatic carbocycles. The molecule has 21 heavy (non-hydrogen) atoms. The molecule has 2 heteroatoms. The number of hydrogen-bond acceptors (Lipinski definition) is 2. The molecule has 0 heterocycles. The lowest BCUT2D eigenvalue weighted by molar-refractivity contribution is 0.363. The summed E-state index contributed by atoms with van der Waals surface area (Å²) in [5.41, 5.74) is 2.48. The summed E-state index contributed by atoms with van der Waals surface area (Å²) >= 11 is 0. The third-order valence-electron chi connectivity index (χ3n) is 3.14. The van der Waals surface area contributed by atoms with Crippen molar-refractivity contribution in [2.75, 3.05) is 13.2 Å². The molecule has 2 aromatic rings. The average molecular weight is 281 g/mol. The Morgan fingerprint density at radius 2 is 1.76 bits per heavy atom. The molecule has 0 aliphatic carbocycles. The van der Waals surface area contributed by atoms with E-state index in [2.05, 4.69) is 42.6 Å². The van der Waals surface area contributed by atoms with Gasteiger partial charge in [-0.05, 0) is 42.3 Å². The van der Waals surface area contributed by atoms with E-state index in [9.17, 15) is 0 Å². The van der Waals surface area contributed by atoms with Crippen LogP contribution >= 0.6 is 0 Å². The second kappa shape index (κ2) is 8.98. The van der Waals surface area contributed by atoms with E-state index >= 15 is 0 Å². The van der Waals surface area contributed by atoms with Crippen molar-refractivity contribution in [1.82, 2.24) is 5.32 Å². The quantitative estimate of drug-likeness (QED) is 0.729. The predicted octanol–water partition coefficient (Wildman–Crippen LogP) is 4.28. The minimum absolute atomic E-state index is 0.586. The van der Waals surface area contributed by atoms with Crippen molar-refractivity contribution in [2.24, 2.45) is 0 Å². The van der Waals surface area contributed by atoms with E-state index in [-0.39, 0.29) is 0 Å². The highest BCUT2D eigenvalue weighted by molar-refractivity contribution is 5.48. The summed E-state index contributed by atoms with van der Waals surface area (Å²) in [5, 5.41) is 3.39. The highest BCUT2D eigenvalue weighted by Crippen LogP contribution is 2.12. The van der Waals surface area contributed by atoms with Crippen LogP contribution in [0.4, 0.5) is 0 Å². The second-order valence-electron chi connectivity index (χ2n) is 4.94. The van der Waals surface area contributed by atoms with E-state index in [1.165, 1.54) is 11.1 Å². The van der Waals surface area contributed by atoms with Crippen molar-refractivity contribution in [2.45, 2.75) is 19.9 Å². The maximum Gasteiger partial charge on any atom is 0.119 e. The third kappa shape index (κ3) is 5.84.